The molecule has 1 saturated carbocycles. The predicted molar refractivity (Wildman–Crippen MR) is 71.8 cm³/mol. The first-order chi connectivity index (χ1) is 9.08. The average molecular weight is 261 g/mol. The van der Waals surface area contributed by atoms with Gasteiger partial charge in [-0.25, -0.2) is 0 Å². The highest BCUT2D eigenvalue weighted by Gasteiger charge is 2.34. The van der Waals surface area contributed by atoms with Gasteiger partial charge in [0, 0.05) is 12.5 Å². The quantitative estimate of drug-likeness (QED) is 0.854. The van der Waals surface area contributed by atoms with Crippen LogP contribution in [0.2, 0.25) is 0 Å². The highest BCUT2D eigenvalue weighted by Crippen LogP contribution is 2.29. The Hall–Kier alpha value is -1.84. The van der Waals surface area contributed by atoms with Crippen molar-refractivity contribution in [3.63, 3.8) is 0 Å². The molecule has 0 saturated heterocycles. The molecule has 0 bridgehead atoms. The fraction of sp³-hybridized carbons (Fsp3) is 0.467. The molecule has 0 aliphatic heterocycles. The number of nitrogens with zero attached hydrogens (tertiary/aromatic N) is 1. The van der Waals surface area contributed by atoms with E-state index in [2.05, 4.69) is 0 Å². The maximum atomic E-state index is 12.2. The molecule has 4 nitrogen and oxygen atoms in total. The third-order valence-corrected chi connectivity index (χ3v) is 3.46. The number of hydrogen-bond acceptors (Lipinski definition) is 2. The van der Waals surface area contributed by atoms with Gasteiger partial charge in [0.1, 0.15) is 6.54 Å². The molecular weight excluding hydrogens is 242 g/mol. The van der Waals surface area contributed by atoms with Gasteiger partial charge in [-0.15, -0.1) is 0 Å². The van der Waals surface area contributed by atoms with E-state index in [1.807, 2.05) is 37.3 Å². The molecule has 2 rings (SSSR count). The van der Waals surface area contributed by atoms with E-state index in [9.17, 15) is 9.59 Å². The fourth-order valence-corrected chi connectivity index (χ4v) is 2.23. The Balaban J connectivity index is 1.97. The Bertz CT molecular complexity index is 454. The lowest BCUT2D eigenvalue weighted by molar-refractivity contribution is -0.145. The van der Waals surface area contributed by atoms with Crippen LogP contribution in [0.5, 0.6) is 0 Å². The lowest BCUT2D eigenvalue weighted by atomic mass is 9.97. The zero-order valence-electron chi connectivity index (χ0n) is 11.1. The van der Waals surface area contributed by atoms with Crippen LogP contribution >= 0.6 is 0 Å². The van der Waals surface area contributed by atoms with E-state index in [0.717, 1.165) is 18.4 Å². The third kappa shape index (κ3) is 3.81. The monoisotopic (exact) mass is 261 g/mol. The summed E-state index contributed by atoms with van der Waals surface area (Å²) in [5.74, 6) is -0.877. The van der Waals surface area contributed by atoms with Gasteiger partial charge in [-0.3, -0.25) is 9.59 Å². The van der Waals surface area contributed by atoms with Crippen LogP contribution in [0.25, 0.3) is 0 Å². The molecule has 1 fully saturated rings. The molecule has 1 amide bonds. The predicted octanol–water partition coefficient (Wildman–Crippen LogP) is 2.26. The van der Waals surface area contributed by atoms with E-state index in [4.69, 9.17) is 5.11 Å². The van der Waals surface area contributed by atoms with Crippen LogP contribution in [-0.4, -0.2) is 34.5 Å². The molecule has 102 valence electrons. The smallest absolute Gasteiger partial charge is 0.323 e. The van der Waals surface area contributed by atoms with Gasteiger partial charge < -0.3 is 10.0 Å². The van der Waals surface area contributed by atoms with E-state index < -0.39 is 5.97 Å². The van der Waals surface area contributed by atoms with Crippen molar-refractivity contribution in [2.75, 3.05) is 6.54 Å². The number of aliphatic carboxylic acids is 1. The molecule has 0 radical (unpaired) electrons. The summed E-state index contributed by atoms with van der Waals surface area (Å²) in [6, 6.07) is 9.98. The van der Waals surface area contributed by atoms with Crippen molar-refractivity contribution in [2.24, 2.45) is 0 Å². The Morgan fingerprint density at radius 3 is 2.47 bits per heavy atom. The molecule has 1 atom stereocenters. The number of benzene rings is 1. The van der Waals surface area contributed by atoms with Crippen LogP contribution in [0.3, 0.4) is 0 Å². The molecule has 0 aromatic heterocycles. The first kappa shape index (κ1) is 13.6. The van der Waals surface area contributed by atoms with Crippen LogP contribution < -0.4 is 0 Å². The van der Waals surface area contributed by atoms with Crippen LogP contribution in [0.1, 0.15) is 37.7 Å². The first-order valence-electron chi connectivity index (χ1n) is 6.64. The molecule has 0 heterocycles. The van der Waals surface area contributed by atoms with Gasteiger partial charge in [0.05, 0.1) is 0 Å². The van der Waals surface area contributed by atoms with E-state index in [-0.39, 0.29) is 24.4 Å². The van der Waals surface area contributed by atoms with Gasteiger partial charge in [-0.05, 0) is 24.3 Å². The van der Waals surface area contributed by atoms with E-state index in [1.165, 1.54) is 4.90 Å². The highest BCUT2D eigenvalue weighted by molar-refractivity contribution is 5.82. The summed E-state index contributed by atoms with van der Waals surface area (Å²) in [4.78, 5) is 24.5. The lowest BCUT2D eigenvalue weighted by Gasteiger charge is -2.22. The average Bonchev–Trinajstić information content (AvgIpc) is 3.21. The van der Waals surface area contributed by atoms with Crippen LogP contribution in [0, 0.1) is 0 Å². The van der Waals surface area contributed by atoms with Gasteiger partial charge >= 0.3 is 5.97 Å². The summed E-state index contributed by atoms with van der Waals surface area (Å²) < 4.78 is 0. The highest BCUT2D eigenvalue weighted by atomic mass is 16.4. The van der Waals surface area contributed by atoms with Crippen LogP contribution in [-0.2, 0) is 9.59 Å². The van der Waals surface area contributed by atoms with E-state index in [1.54, 1.807) is 0 Å². The summed E-state index contributed by atoms with van der Waals surface area (Å²) in [7, 11) is 0. The third-order valence-electron chi connectivity index (χ3n) is 3.46. The van der Waals surface area contributed by atoms with Crippen LogP contribution in [0.15, 0.2) is 30.3 Å². The second-order valence-electron chi connectivity index (χ2n) is 5.16. The number of carbonyl (C=O) groups excluding carboxylic acids is 1. The minimum Gasteiger partial charge on any atom is -0.480 e. The summed E-state index contributed by atoms with van der Waals surface area (Å²) in [6.45, 7) is 1.82. The molecule has 1 aliphatic rings. The normalized spacial score (nSPS) is 15.8. The van der Waals surface area contributed by atoms with Crippen molar-refractivity contribution >= 4 is 11.9 Å². The van der Waals surface area contributed by atoms with Crippen molar-refractivity contribution in [3.05, 3.63) is 35.9 Å². The number of carboxylic acid groups (broad SMARTS) is 1. The minimum atomic E-state index is -0.937. The summed E-state index contributed by atoms with van der Waals surface area (Å²) in [5.41, 5.74) is 1.11. The molecule has 0 spiro atoms. The minimum absolute atomic E-state index is 0.0544. The van der Waals surface area contributed by atoms with Gasteiger partial charge in [0.2, 0.25) is 5.91 Å². The number of hydrogen-bond donors (Lipinski definition) is 1. The van der Waals surface area contributed by atoms with Crippen molar-refractivity contribution in [2.45, 2.75) is 38.1 Å². The molecule has 19 heavy (non-hydrogen) atoms. The summed E-state index contributed by atoms with van der Waals surface area (Å²) in [5, 5.41) is 8.87. The van der Waals surface area contributed by atoms with Gasteiger partial charge in [0.25, 0.3) is 0 Å². The SMILES string of the molecule is CC(CC(=O)N(CC(=O)O)C1CC1)c1ccccc1. The Labute approximate surface area is 113 Å². The van der Waals surface area contributed by atoms with Crippen molar-refractivity contribution in [1.82, 2.24) is 4.90 Å². The maximum Gasteiger partial charge on any atom is 0.323 e. The molecular formula is C15H19NO3. The summed E-state index contributed by atoms with van der Waals surface area (Å²) >= 11 is 0. The number of amides is 1. The standard InChI is InChI=1S/C15H19NO3/c1-11(12-5-3-2-4-6-12)9-14(17)16(10-15(18)19)13-7-8-13/h2-6,11,13H,7-10H2,1H3,(H,18,19). The Morgan fingerprint density at radius 2 is 1.95 bits per heavy atom. The Kier molecular flexibility index (Phi) is 4.20. The van der Waals surface area contributed by atoms with Gasteiger partial charge in [-0.2, -0.15) is 0 Å². The number of rotatable bonds is 6. The topological polar surface area (TPSA) is 57.6 Å². The molecule has 1 N–H and O–H groups in total. The first-order valence-corrected chi connectivity index (χ1v) is 6.64. The van der Waals surface area contributed by atoms with Gasteiger partial charge in [-0.1, -0.05) is 37.3 Å². The van der Waals surface area contributed by atoms with Crippen molar-refractivity contribution in [1.29, 1.82) is 0 Å². The van der Waals surface area contributed by atoms with Crippen LogP contribution in [0.4, 0.5) is 0 Å². The van der Waals surface area contributed by atoms with E-state index >= 15 is 0 Å². The maximum absolute atomic E-state index is 12.2. The lowest BCUT2D eigenvalue weighted by Crippen LogP contribution is -2.37. The number of carboxylic acids is 1. The zero-order chi connectivity index (χ0) is 13.8. The zero-order valence-corrected chi connectivity index (χ0v) is 11.1. The van der Waals surface area contributed by atoms with Crippen molar-refractivity contribution < 1.29 is 14.7 Å². The Morgan fingerprint density at radius 1 is 1.32 bits per heavy atom. The van der Waals surface area contributed by atoms with Crippen molar-refractivity contribution in [3.8, 4) is 0 Å². The van der Waals surface area contributed by atoms with Gasteiger partial charge in [0.15, 0.2) is 0 Å². The molecule has 1 aromatic carbocycles. The fourth-order valence-electron chi connectivity index (χ4n) is 2.23. The molecule has 4 heteroatoms. The second kappa shape index (κ2) is 5.87. The van der Waals surface area contributed by atoms with E-state index in [0.29, 0.717) is 6.42 Å². The molecule has 1 unspecified atom stereocenters. The summed E-state index contributed by atoms with van der Waals surface area (Å²) in [6.07, 6.45) is 2.23. The largest absolute Gasteiger partial charge is 0.480 e. The number of carbonyl (C=O) groups is 2. The second-order valence-corrected chi connectivity index (χ2v) is 5.16. The molecule has 1 aliphatic carbocycles. The molecule has 1 aromatic rings.